The molecule has 0 aromatic carbocycles. The Morgan fingerprint density at radius 3 is 2.95 bits per heavy atom. The average Bonchev–Trinajstić information content (AvgIpc) is 2.97. The topological polar surface area (TPSA) is 49.6 Å². The van der Waals surface area contributed by atoms with Crippen molar-refractivity contribution in [2.75, 3.05) is 19.6 Å². The second-order valence-electron chi connectivity index (χ2n) is 5.59. The summed E-state index contributed by atoms with van der Waals surface area (Å²) in [5, 5.41) is 5.32. The van der Waals surface area contributed by atoms with Crippen molar-refractivity contribution >= 4 is 28.7 Å². The molecular formula is C15H23ClN4OS. The van der Waals surface area contributed by atoms with E-state index in [0.717, 1.165) is 43.3 Å². The van der Waals surface area contributed by atoms with Crippen molar-refractivity contribution in [3.05, 3.63) is 33.7 Å². The standard InChI is InChI=1S/C15H22N4OS.ClH/c1-2-7-18(13-3-5-16-6-4-13)11-12-10-14(20)19-8-9-21-15(19)17-12;/h8-10,13,16H,2-7,11H2,1H3;1H. The molecule has 1 aliphatic rings. The van der Waals surface area contributed by atoms with Crippen LogP contribution in [0.4, 0.5) is 0 Å². The summed E-state index contributed by atoms with van der Waals surface area (Å²) in [6.07, 6.45) is 5.28. The van der Waals surface area contributed by atoms with E-state index in [1.54, 1.807) is 16.7 Å². The Bertz CT molecular complexity index is 650. The van der Waals surface area contributed by atoms with E-state index in [2.05, 4.69) is 22.1 Å². The Hall–Kier alpha value is -0.950. The van der Waals surface area contributed by atoms with Gasteiger partial charge in [0.2, 0.25) is 0 Å². The number of aromatic nitrogens is 2. The number of fused-ring (bicyclic) bond motifs is 1. The summed E-state index contributed by atoms with van der Waals surface area (Å²) in [7, 11) is 0. The van der Waals surface area contributed by atoms with Crippen LogP contribution in [0.15, 0.2) is 22.4 Å². The van der Waals surface area contributed by atoms with Crippen molar-refractivity contribution in [2.24, 2.45) is 0 Å². The van der Waals surface area contributed by atoms with Crippen LogP contribution >= 0.6 is 23.7 Å². The minimum atomic E-state index is 0. The Morgan fingerprint density at radius 2 is 2.23 bits per heavy atom. The first-order valence-corrected chi connectivity index (χ1v) is 8.56. The highest BCUT2D eigenvalue weighted by Gasteiger charge is 2.21. The van der Waals surface area contributed by atoms with Crippen molar-refractivity contribution in [1.29, 1.82) is 0 Å². The maximum atomic E-state index is 12.1. The Labute approximate surface area is 140 Å². The van der Waals surface area contributed by atoms with Crippen LogP contribution in [-0.2, 0) is 6.54 Å². The van der Waals surface area contributed by atoms with Gasteiger partial charge in [0, 0.05) is 30.2 Å². The molecule has 1 N–H and O–H groups in total. The zero-order valence-electron chi connectivity index (χ0n) is 12.8. The molecule has 1 fully saturated rings. The molecule has 0 unspecified atom stereocenters. The molecule has 3 rings (SSSR count). The van der Waals surface area contributed by atoms with Gasteiger partial charge in [0.1, 0.15) is 0 Å². The summed E-state index contributed by atoms with van der Waals surface area (Å²) >= 11 is 1.52. The highest BCUT2D eigenvalue weighted by atomic mass is 35.5. The molecule has 0 bridgehead atoms. The number of piperidine rings is 1. The fraction of sp³-hybridized carbons (Fsp3) is 0.600. The predicted octanol–water partition coefficient (Wildman–Crippen LogP) is 2.14. The summed E-state index contributed by atoms with van der Waals surface area (Å²) < 4.78 is 1.61. The molecule has 0 saturated carbocycles. The van der Waals surface area contributed by atoms with E-state index in [0.29, 0.717) is 6.04 Å². The molecule has 122 valence electrons. The lowest BCUT2D eigenvalue weighted by atomic mass is 10.0. The summed E-state index contributed by atoms with van der Waals surface area (Å²) in [5.74, 6) is 0. The van der Waals surface area contributed by atoms with Gasteiger partial charge in [-0.1, -0.05) is 6.92 Å². The van der Waals surface area contributed by atoms with Crippen molar-refractivity contribution in [2.45, 2.75) is 38.8 Å². The molecule has 22 heavy (non-hydrogen) atoms. The molecule has 0 radical (unpaired) electrons. The van der Waals surface area contributed by atoms with Gasteiger partial charge in [-0.2, -0.15) is 0 Å². The summed E-state index contributed by atoms with van der Waals surface area (Å²) in [5.41, 5.74) is 0.924. The van der Waals surface area contributed by atoms with Crippen LogP contribution in [0.1, 0.15) is 31.9 Å². The zero-order valence-corrected chi connectivity index (χ0v) is 14.5. The number of rotatable bonds is 5. The maximum Gasteiger partial charge on any atom is 0.258 e. The van der Waals surface area contributed by atoms with Crippen molar-refractivity contribution in [1.82, 2.24) is 19.6 Å². The maximum absolute atomic E-state index is 12.1. The lowest BCUT2D eigenvalue weighted by Crippen LogP contribution is -2.43. The van der Waals surface area contributed by atoms with Crippen molar-refractivity contribution in [3.63, 3.8) is 0 Å². The van der Waals surface area contributed by atoms with E-state index in [-0.39, 0.29) is 18.0 Å². The second-order valence-corrected chi connectivity index (χ2v) is 6.47. The van der Waals surface area contributed by atoms with Crippen LogP contribution in [0.5, 0.6) is 0 Å². The SMILES string of the molecule is CCCN(Cc1cc(=O)n2ccsc2n1)C1CCNCC1.Cl. The zero-order chi connectivity index (χ0) is 14.7. The molecule has 0 aliphatic carbocycles. The second kappa shape index (κ2) is 8.06. The van der Waals surface area contributed by atoms with E-state index in [1.165, 1.54) is 24.2 Å². The highest BCUT2D eigenvalue weighted by molar-refractivity contribution is 7.15. The molecule has 0 spiro atoms. The molecule has 5 nitrogen and oxygen atoms in total. The first-order valence-electron chi connectivity index (χ1n) is 7.68. The fourth-order valence-electron chi connectivity index (χ4n) is 3.03. The molecular weight excluding hydrogens is 320 g/mol. The van der Waals surface area contributed by atoms with E-state index in [9.17, 15) is 4.79 Å². The van der Waals surface area contributed by atoms with Crippen LogP contribution in [0.2, 0.25) is 0 Å². The molecule has 0 amide bonds. The molecule has 2 aromatic heterocycles. The molecule has 0 atom stereocenters. The number of nitrogens with one attached hydrogen (secondary N) is 1. The predicted molar refractivity (Wildman–Crippen MR) is 93.2 cm³/mol. The number of thiazole rings is 1. The van der Waals surface area contributed by atoms with Gasteiger partial charge in [-0.15, -0.1) is 23.7 Å². The Morgan fingerprint density at radius 1 is 1.45 bits per heavy atom. The van der Waals surface area contributed by atoms with Gasteiger partial charge in [-0.05, 0) is 38.9 Å². The van der Waals surface area contributed by atoms with Gasteiger partial charge in [0.05, 0.1) is 5.69 Å². The van der Waals surface area contributed by atoms with Gasteiger partial charge >= 0.3 is 0 Å². The molecule has 1 aliphatic heterocycles. The summed E-state index contributed by atoms with van der Waals surface area (Å²) in [6, 6.07) is 2.29. The van der Waals surface area contributed by atoms with Crippen LogP contribution in [0.25, 0.3) is 4.96 Å². The van der Waals surface area contributed by atoms with E-state index >= 15 is 0 Å². The summed E-state index contributed by atoms with van der Waals surface area (Å²) in [6.45, 7) is 6.23. The van der Waals surface area contributed by atoms with Crippen molar-refractivity contribution < 1.29 is 0 Å². The van der Waals surface area contributed by atoms with Gasteiger partial charge < -0.3 is 5.32 Å². The number of hydrogen-bond donors (Lipinski definition) is 1. The first-order chi connectivity index (χ1) is 10.3. The molecule has 3 heterocycles. The number of nitrogens with zero attached hydrogens (tertiary/aromatic N) is 3. The molecule has 7 heteroatoms. The smallest absolute Gasteiger partial charge is 0.258 e. The van der Waals surface area contributed by atoms with E-state index in [4.69, 9.17) is 0 Å². The fourth-order valence-corrected chi connectivity index (χ4v) is 3.77. The number of hydrogen-bond acceptors (Lipinski definition) is 5. The normalized spacial score (nSPS) is 16.1. The lowest BCUT2D eigenvalue weighted by molar-refractivity contribution is 0.152. The summed E-state index contributed by atoms with van der Waals surface area (Å²) in [4.78, 5) is 20.0. The lowest BCUT2D eigenvalue weighted by Gasteiger charge is -2.34. The van der Waals surface area contributed by atoms with Gasteiger partial charge in [0.15, 0.2) is 4.96 Å². The third-order valence-electron chi connectivity index (χ3n) is 4.06. The quantitative estimate of drug-likeness (QED) is 0.904. The van der Waals surface area contributed by atoms with E-state index < -0.39 is 0 Å². The Balaban J connectivity index is 0.00000176. The van der Waals surface area contributed by atoms with Crippen molar-refractivity contribution in [3.8, 4) is 0 Å². The van der Waals surface area contributed by atoms with E-state index in [1.807, 2.05) is 5.38 Å². The monoisotopic (exact) mass is 342 g/mol. The third kappa shape index (κ3) is 3.87. The molecule has 2 aromatic rings. The van der Waals surface area contributed by atoms with Crippen LogP contribution in [0, 0.1) is 0 Å². The van der Waals surface area contributed by atoms with Gasteiger partial charge in [-0.3, -0.25) is 14.1 Å². The largest absolute Gasteiger partial charge is 0.317 e. The minimum Gasteiger partial charge on any atom is -0.317 e. The molecule has 1 saturated heterocycles. The Kier molecular flexibility index (Phi) is 6.37. The first kappa shape index (κ1) is 17.4. The van der Waals surface area contributed by atoms with Gasteiger partial charge in [0.25, 0.3) is 5.56 Å². The van der Waals surface area contributed by atoms with Gasteiger partial charge in [-0.25, -0.2) is 4.98 Å². The average molecular weight is 343 g/mol. The van der Waals surface area contributed by atoms with Crippen LogP contribution < -0.4 is 10.9 Å². The highest BCUT2D eigenvalue weighted by Crippen LogP contribution is 2.16. The third-order valence-corrected chi connectivity index (χ3v) is 4.81. The van der Waals surface area contributed by atoms with Crippen LogP contribution in [0.3, 0.4) is 0 Å². The minimum absolute atomic E-state index is 0. The van der Waals surface area contributed by atoms with Crippen LogP contribution in [-0.4, -0.2) is 40.0 Å². The number of halogens is 1.